The first-order chi connectivity index (χ1) is 18.6. The van der Waals surface area contributed by atoms with Crippen molar-refractivity contribution in [2.24, 2.45) is 0 Å². The Labute approximate surface area is 223 Å². The number of nitrogens with one attached hydrogen (secondary N) is 1. The average Bonchev–Trinajstić information content (AvgIpc) is 2.92. The number of aromatic nitrogens is 2. The van der Waals surface area contributed by atoms with Gasteiger partial charge < -0.3 is 25.2 Å². The first kappa shape index (κ1) is 29.9. The molecule has 0 spiro atoms. The van der Waals surface area contributed by atoms with Crippen molar-refractivity contribution in [2.45, 2.75) is 25.9 Å². The van der Waals surface area contributed by atoms with Crippen LogP contribution in [0.1, 0.15) is 33.7 Å². The van der Waals surface area contributed by atoms with Gasteiger partial charge >= 0.3 is 6.18 Å². The summed E-state index contributed by atoms with van der Waals surface area (Å²) >= 11 is 0. The van der Waals surface area contributed by atoms with Crippen molar-refractivity contribution in [3.8, 4) is 11.1 Å². The maximum absolute atomic E-state index is 14.4. The largest absolute Gasteiger partial charge is 0.436 e. The van der Waals surface area contributed by atoms with Gasteiger partial charge in [0.15, 0.2) is 11.5 Å². The third-order valence-corrected chi connectivity index (χ3v) is 6.00. The number of hydrogen-bond donors (Lipinski definition) is 3. The number of nitrogens with zero attached hydrogens (tertiary/aromatic N) is 3. The molecule has 1 aliphatic rings. The summed E-state index contributed by atoms with van der Waals surface area (Å²) in [5.74, 6) is -2.71. The molecule has 3 N–H and O–H groups in total. The van der Waals surface area contributed by atoms with Gasteiger partial charge in [-0.05, 0) is 55.2 Å². The van der Waals surface area contributed by atoms with Crippen LogP contribution in [-0.2, 0) is 17.3 Å². The number of pyridine rings is 2. The van der Waals surface area contributed by atoms with E-state index in [1.54, 1.807) is 31.5 Å². The van der Waals surface area contributed by atoms with Crippen LogP contribution in [0.2, 0.25) is 0 Å². The first-order valence-electron chi connectivity index (χ1n) is 12.2. The molecule has 1 amide bonds. The van der Waals surface area contributed by atoms with E-state index in [1.807, 2.05) is 13.0 Å². The number of ether oxygens (including phenoxy) is 1. The quantitative estimate of drug-likeness (QED) is 0.378. The summed E-state index contributed by atoms with van der Waals surface area (Å²) < 4.78 is 58.5. The van der Waals surface area contributed by atoms with Gasteiger partial charge in [-0.2, -0.15) is 13.2 Å². The van der Waals surface area contributed by atoms with Crippen LogP contribution in [0.3, 0.4) is 0 Å². The minimum Gasteiger partial charge on any atom is -0.394 e. The van der Waals surface area contributed by atoms with E-state index >= 15 is 0 Å². The van der Waals surface area contributed by atoms with Gasteiger partial charge in [0, 0.05) is 43.8 Å². The lowest BCUT2D eigenvalue weighted by molar-refractivity contribution is -0.143. The molecule has 0 unspecified atom stereocenters. The topological polar surface area (TPSA) is 108 Å². The molecule has 3 heterocycles. The van der Waals surface area contributed by atoms with E-state index in [4.69, 9.17) is 14.9 Å². The molecule has 0 aliphatic carbocycles. The number of hydrogen-bond acceptors (Lipinski definition) is 7. The van der Waals surface area contributed by atoms with Crippen LogP contribution in [0.4, 0.5) is 28.9 Å². The number of benzene rings is 1. The van der Waals surface area contributed by atoms with Crippen LogP contribution in [0.15, 0.2) is 42.7 Å². The Balaban J connectivity index is 0.000000983. The standard InChI is InChI=1S/C25H24F4N4O2.C2H6O2/c1-15-5-6-17(32-24(34)18-7-8-30-23(22(18)26)25(27,28)29)13-19(15)16-12-21-20(31-14-16)4-3-9-33(21)10-11-35-2;3-1-2-4/h5-8,12-14H,3-4,9-11H2,1-2H3,(H,32,34);3-4H,1-2H2. The van der Waals surface area contributed by atoms with E-state index in [9.17, 15) is 22.4 Å². The number of carbonyl (C=O) groups is 1. The number of halogens is 4. The van der Waals surface area contributed by atoms with E-state index in [0.717, 1.165) is 66.3 Å². The van der Waals surface area contributed by atoms with E-state index in [0.29, 0.717) is 12.3 Å². The van der Waals surface area contributed by atoms with Crippen LogP contribution in [0.25, 0.3) is 11.1 Å². The van der Waals surface area contributed by atoms with E-state index < -0.39 is 29.2 Å². The van der Waals surface area contributed by atoms with Gasteiger partial charge in [0.2, 0.25) is 0 Å². The third-order valence-electron chi connectivity index (χ3n) is 6.00. The van der Waals surface area contributed by atoms with Gasteiger partial charge in [-0.1, -0.05) is 6.07 Å². The number of methoxy groups -OCH3 is 1. The molecule has 0 saturated carbocycles. The van der Waals surface area contributed by atoms with Crippen molar-refractivity contribution < 1.29 is 37.3 Å². The zero-order chi connectivity index (χ0) is 28.6. The molecule has 0 saturated heterocycles. The molecular weight excluding hydrogens is 520 g/mol. The number of anilines is 2. The Kier molecular flexibility index (Phi) is 10.3. The van der Waals surface area contributed by atoms with Gasteiger partial charge in [-0.3, -0.25) is 9.78 Å². The smallest absolute Gasteiger partial charge is 0.394 e. The molecule has 210 valence electrons. The second-order valence-corrected chi connectivity index (χ2v) is 8.72. The number of alkyl halides is 3. The van der Waals surface area contributed by atoms with Gasteiger partial charge in [0.05, 0.1) is 36.8 Å². The summed E-state index contributed by atoms with van der Waals surface area (Å²) in [4.78, 5) is 22.5. The van der Waals surface area contributed by atoms with Crippen molar-refractivity contribution in [1.29, 1.82) is 0 Å². The number of fused-ring (bicyclic) bond motifs is 1. The van der Waals surface area contributed by atoms with E-state index in [2.05, 4.69) is 20.2 Å². The highest BCUT2D eigenvalue weighted by atomic mass is 19.4. The normalized spacial score (nSPS) is 12.9. The molecule has 4 rings (SSSR count). The number of aliphatic hydroxyl groups is 2. The molecule has 0 atom stereocenters. The average molecular weight is 551 g/mol. The highest BCUT2D eigenvalue weighted by Gasteiger charge is 2.37. The van der Waals surface area contributed by atoms with Crippen LogP contribution in [0.5, 0.6) is 0 Å². The molecule has 1 aromatic carbocycles. The van der Waals surface area contributed by atoms with Gasteiger partial charge in [-0.25, -0.2) is 9.37 Å². The molecule has 8 nitrogen and oxygen atoms in total. The minimum atomic E-state index is -5.01. The molecule has 0 fully saturated rings. The van der Waals surface area contributed by atoms with Crippen molar-refractivity contribution in [3.63, 3.8) is 0 Å². The molecule has 12 heteroatoms. The summed E-state index contributed by atoms with van der Waals surface area (Å²) in [5, 5.41) is 17.7. The molecular formula is C27H30F4N4O4. The zero-order valence-electron chi connectivity index (χ0n) is 21.6. The highest BCUT2D eigenvalue weighted by molar-refractivity contribution is 6.04. The number of aliphatic hydroxyl groups excluding tert-OH is 2. The van der Waals surface area contributed by atoms with Gasteiger partial charge in [0.1, 0.15) is 0 Å². The Hall–Kier alpha value is -3.61. The Bertz CT molecular complexity index is 1290. The monoisotopic (exact) mass is 550 g/mol. The van der Waals surface area contributed by atoms with Gasteiger partial charge in [-0.15, -0.1) is 0 Å². The molecule has 3 aromatic rings. The lowest BCUT2D eigenvalue weighted by Gasteiger charge is -2.31. The number of carbonyl (C=O) groups excluding carboxylic acids is 1. The number of rotatable bonds is 7. The predicted octanol–water partition coefficient (Wildman–Crippen LogP) is 4.23. The molecule has 39 heavy (non-hydrogen) atoms. The zero-order valence-corrected chi connectivity index (χ0v) is 21.6. The van der Waals surface area contributed by atoms with Crippen LogP contribution >= 0.6 is 0 Å². The molecule has 0 bridgehead atoms. The van der Waals surface area contributed by atoms with Crippen molar-refractivity contribution >= 4 is 17.3 Å². The summed E-state index contributed by atoms with van der Waals surface area (Å²) in [5.41, 5.74) is 2.42. The first-order valence-corrected chi connectivity index (χ1v) is 12.2. The molecule has 2 aromatic heterocycles. The summed E-state index contributed by atoms with van der Waals surface area (Å²) in [6.45, 7) is 3.88. The fraction of sp³-hybridized carbons (Fsp3) is 0.370. The Morgan fingerprint density at radius 2 is 1.90 bits per heavy atom. The van der Waals surface area contributed by atoms with Gasteiger partial charge in [0.25, 0.3) is 5.91 Å². The summed E-state index contributed by atoms with van der Waals surface area (Å²) in [6, 6.07) is 8.04. The van der Waals surface area contributed by atoms with E-state index in [1.165, 1.54) is 0 Å². The number of amides is 1. The fourth-order valence-electron chi connectivity index (χ4n) is 4.11. The van der Waals surface area contributed by atoms with Crippen molar-refractivity contribution in [3.05, 3.63) is 71.1 Å². The summed E-state index contributed by atoms with van der Waals surface area (Å²) in [6.07, 6.45) is -0.592. The van der Waals surface area contributed by atoms with Crippen LogP contribution in [0, 0.1) is 12.7 Å². The second kappa shape index (κ2) is 13.5. The Morgan fingerprint density at radius 3 is 2.56 bits per heavy atom. The maximum atomic E-state index is 14.4. The van der Waals surface area contributed by atoms with Crippen LogP contribution < -0.4 is 10.2 Å². The highest BCUT2D eigenvalue weighted by Crippen LogP contribution is 2.34. The fourth-order valence-corrected chi connectivity index (χ4v) is 4.11. The SMILES string of the molecule is COCCN1CCCc2ncc(-c3cc(NC(=O)c4ccnc(C(F)(F)F)c4F)ccc3C)cc21.OCCO. The predicted molar refractivity (Wildman–Crippen MR) is 138 cm³/mol. The molecule has 0 radical (unpaired) electrons. The van der Waals surface area contributed by atoms with E-state index in [-0.39, 0.29) is 13.2 Å². The third kappa shape index (κ3) is 7.49. The lowest BCUT2D eigenvalue weighted by atomic mass is 9.98. The molecule has 1 aliphatic heterocycles. The minimum absolute atomic E-state index is 0.125. The van der Waals surface area contributed by atoms with Crippen molar-refractivity contribution in [2.75, 3.05) is 50.2 Å². The van der Waals surface area contributed by atoms with Crippen LogP contribution in [-0.4, -0.2) is 66.1 Å². The lowest BCUT2D eigenvalue weighted by Crippen LogP contribution is -2.32. The summed E-state index contributed by atoms with van der Waals surface area (Å²) in [7, 11) is 1.66. The second-order valence-electron chi connectivity index (χ2n) is 8.72. The maximum Gasteiger partial charge on any atom is 0.436 e. The van der Waals surface area contributed by atoms with Crippen molar-refractivity contribution in [1.82, 2.24) is 9.97 Å². The number of aryl methyl sites for hydroxylation is 2. The Morgan fingerprint density at radius 1 is 1.15 bits per heavy atom.